The Bertz CT molecular complexity index is 1200. The number of nitrogens with zero attached hydrogens (tertiary/aromatic N) is 3. The number of rotatable bonds is 11. The highest BCUT2D eigenvalue weighted by molar-refractivity contribution is 7.13. The van der Waals surface area contributed by atoms with Gasteiger partial charge in [-0.25, -0.2) is 4.98 Å². The first-order chi connectivity index (χ1) is 17.4. The Hall–Kier alpha value is -3.33. The van der Waals surface area contributed by atoms with Crippen LogP contribution in [0.25, 0.3) is 10.4 Å². The number of aldehydes is 1. The molecule has 0 bridgehead atoms. The SMILES string of the molecule is Cc1ncsc1-c1ccc(CCC(=O)[C@@H]2CCCN2C(=O)C(c2cc(OCC=O)no2)C(C)C)cc1. The van der Waals surface area contributed by atoms with Crippen LogP contribution in [0.3, 0.4) is 0 Å². The van der Waals surface area contributed by atoms with Crippen LogP contribution in [0.5, 0.6) is 5.88 Å². The molecule has 3 aromatic rings. The Morgan fingerprint density at radius 2 is 2.06 bits per heavy atom. The third-order valence-corrected chi connectivity index (χ3v) is 7.55. The predicted molar refractivity (Wildman–Crippen MR) is 136 cm³/mol. The first-order valence-corrected chi connectivity index (χ1v) is 13.1. The van der Waals surface area contributed by atoms with E-state index in [1.807, 2.05) is 26.3 Å². The van der Waals surface area contributed by atoms with Crippen molar-refractivity contribution in [1.29, 1.82) is 0 Å². The van der Waals surface area contributed by atoms with Gasteiger partial charge in [-0.05, 0) is 48.4 Å². The van der Waals surface area contributed by atoms with Crippen LogP contribution < -0.4 is 4.74 Å². The molecule has 9 heteroatoms. The number of aryl methyl sites for hydroxylation is 2. The Morgan fingerprint density at radius 3 is 2.72 bits per heavy atom. The number of benzene rings is 1. The quantitative estimate of drug-likeness (QED) is 0.348. The molecule has 1 amide bonds. The Balaban J connectivity index is 1.40. The van der Waals surface area contributed by atoms with Crippen molar-refractivity contribution in [3.05, 3.63) is 52.9 Å². The first-order valence-electron chi connectivity index (χ1n) is 12.2. The molecule has 36 heavy (non-hydrogen) atoms. The molecule has 0 spiro atoms. The monoisotopic (exact) mass is 509 g/mol. The highest BCUT2D eigenvalue weighted by atomic mass is 32.1. The van der Waals surface area contributed by atoms with Gasteiger partial charge in [-0.3, -0.25) is 14.4 Å². The number of hydrogen-bond acceptors (Lipinski definition) is 8. The number of carbonyl (C=O) groups is 3. The van der Waals surface area contributed by atoms with Crippen molar-refractivity contribution in [2.24, 2.45) is 5.92 Å². The van der Waals surface area contributed by atoms with Gasteiger partial charge >= 0.3 is 0 Å². The van der Waals surface area contributed by atoms with Crippen molar-refractivity contribution >= 4 is 29.3 Å². The van der Waals surface area contributed by atoms with Crippen molar-refractivity contribution in [1.82, 2.24) is 15.0 Å². The van der Waals surface area contributed by atoms with E-state index in [0.29, 0.717) is 37.9 Å². The predicted octanol–water partition coefficient (Wildman–Crippen LogP) is 4.62. The lowest BCUT2D eigenvalue weighted by Crippen LogP contribution is -2.44. The molecule has 1 saturated heterocycles. The normalized spacial score (nSPS) is 16.3. The van der Waals surface area contributed by atoms with E-state index in [1.165, 1.54) is 0 Å². The number of carbonyl (C=O) groups excluding carboxylic acids is 3. The largest absolute Gasteiger partial charge is 0.468 e. The molecule has 0 saturated carbocycles. The van der Waals surface area contributed by atoms with Gasteiger partial charge in [0, 0.05) is 19.0 Å². The minimum absolute atomic E-state index is 0.0681. The van der Waals surface area contributed by atoms with Gasteiger partial charge in [0.05, 0.1) is 22.1 Å². The lowest BCUT2D eigenvalue weighted by Gasteiger charge is -2.28. The van der Waals surface area contributed by atoms with E-state index in [0.717, 1.165) is 28.1 Å². The summed E-state index contributed by atoms with van der Waals surface area (Å²) in [6.07, 6.45) is 3.09. The molecule has 0 radical (unpaired) electrons. The third-order valence-electron chi connectivity index (χ3n) is 6.57. The molecule has 3 heterocycles. The zero-order chi connectivity index (χ0) is 25.7. The molecular weight excluding hydrogens is 478 g/mol. The van der Waals surface area contributed by atoms with Gasteiger partial charge in [-0.2, -0.15) is 0 Å². The number of aromatic nitrogens is 2. The van der Waals surface area contributed by atoms with Gasteiger partial charge in [0.2, 0.25) is 5.91 Å². The van der Waals surface area contributed by atoms with E-state index in [2.05, 4.69) is 34.4 Å². The number of ketones is 1. The Kier molecular flexibility index (Phi) is 8.30. The van der Waals surface area contributed by atoms with E-state index < -0.39 is 12.0 Å². The van der Waals surface area contributed by atoms with Crippen LogP contribution in [0.4, 0.5) is 0 Å². The number of ether oxygens (including phenoxy) is 1. The Morgan fingerprint density at radius 1 is 1.28 bits per heavy atom. The van der Waals surface area contributed by atoms with Crippen molar-refractivity contribution in [3.8, 4) is 16.3 Å². The molecule has 1 aliphatic heterocycles. The molecule has 0 N–H and O–H groups in total. The summed E-state index contributed by atoms with van der Waals surface area (Å²) in [6, 6.07) is 9.39. The summed E-state index contributed by atoms with van der Waals surface area (Å²) in [7, 11) is 0. The number of hydrogen-bond donors (Lipinski definition) is 0. The van der Waals surface area contributed by atoms with Gasteiger partial charge in [0.15, 0.2) is 17.8 Å². The molecule has 1 aliphatic rings. The maximum absolute atomic E-state index is 13.6. The number of thiazole rings is 1. The number of amides is 1. The summed E-state index contributed by atoms with van der Waals surface area (Å²) in [4.78, 5) is 44.5. The molecule has 190 valence electrons. The van der Waals surface area contributed by atoms with E-state index >= 15 is 0 Å². The minimum atomic E-state index is -0.581. The lowest BCUT2D eigenvalue weighted by atomic mass is 9.91. The van der Waals surface area contributed by atoms with Crippen LogP contribution in [0.1, 0.15) is 56.0 Å². The molecule has 4 rings (SSSR count). The number of Topliss-reactive ketones (excluding diaryl/α,β-unsaturated/α-hetero) is 1. The highest BCUT2D eigenvalue weighted by Crippen LogP contribution is 2.33. The molecule has 2 atom stereocenters. The zero-order valence-corrected chi connectivity index (χ0v) is 21.6. The van der Waals surface area contributed by atoms with Crippen molar-refractivity contribution < 1.29 is 23.6 Å². The van der Waals surface area contributed by atoms with Crippen LogP contribution in [0, 0.1) is 12.8 Å². The van der Waals surface area contributed by atoms with E-state index in [1.54, 1.807) is 22.3 Å². The lowest BCUT2D eigenvalue weighted by molar-refractivity contribution is -0.140. The second kappa shape index (κ2) is 11.6. The average Bonchev–Trinajstić information content (AvgIpc) is 3.63. The molecule has 1 fully saturated rings. The van der Waals surface area contributed by atoms with Gasteiger partial charge in [0.25, 0.3) is 5.88 Å². The molecule has 0 aliphatic carbocycles. The summed E-state index contributed by atoms with van der Waals surface area (Å²) < 4.78 is 10.6. The highest BCUT2D eigenvalue weighted by Gasteiger charge is 2.39. The van der Waals surface area contributed by atoms with Crippen LogP contribution >= 0.6 is 11.3 Å². The number of likely N-dealkylation sites (tertiary alicyclic amines) is 1. The molecule has 8 nitrogen and oxygen atoms in total. The molecule has 2 aromatic heterocycles. The summed E-state index contributed by atoms with van der Waals surface area (Å²) in [6.45, 7) is 6.27. The first kappa shape index (κ1) is 25.8. The van der Waals surface area contributed by atoms with Crippen LogP contribution in [0.2, 0.25) is 0 Å². The molecule has 1 unspecified atom stereocenters. The smallest absolute Gasteiger partial charge is 0.254 e. The van der Waals surface area contributed by atoms with Crippen LogP contribution in [-0.4, -0.2) is 52.2 Å². The molecular formula is C27H31N3O5S. The summed E-state index contributed by atoms with van der Waals surface area (Å²) >= 11 is 1.62. The van der Waals surface area contributed by atoms with Crippen molar-refractivity contribution in [2.45, 2.75) is 58.4 Å². The third kappa shape index (κ3) is 5.73. The van der Waals surface area contributed by atoms with Gasteiger partial charge in [-0.15, -0.1) is 11.3 Å². The summed E-state index contributed by atoms with van der Waals surface area (Å²) in [5.74, 6) is -0.156. The van der Waals surface area contributed by atoms with Crippen LogP contribution in [-0.2, 0) is 20.8 Å². The van der Waals surface area contributed by atoms with Gasteiger partial charge < -0.3 is 14.2 Å². The van der Waals surface area contributed by atoms with E-state index in [9.17, 15) is 14.4 Å². The fourth-order valence-corrected chi connectivity index (χ4v) is 5.53. The fraction of sp³-hybridized carbons (Fsp3) is 0.444. The maximum atomic E-state index is 13.6. The van der Waals surface area contributed by atoms with Gasteiger partial charge in [0.1, 0.15) is 12.5 Å². The van der Waals surface area contributed by atoms with Crippen LogP contribution in [0.15, 0.2) is 40.4 Å². The van der Waals surface area contributed by atoms with Crippen molar-refractivity contribution in [3.63, 3.8) is 0 Å². The minimum Gasteiger partial charge on any atom is -0.468 e. The van der Waals surface area contributed by atoms with Crippen molar-refractivity contribution in [2.75, 3.05) is 13.2 Å². The maximum Gasteiger partial charge on any atom is 0.254 e. The average molecular weight is 510 g/mol. The fourth-order valence-electron chi connectivity index (χ4n) is 4.72. The second-order valence-electron chi connectivity index (χ2n) is 9.39. The van der Waals surface area contributed by atoms with Gasteiger partial charge in [-0.1, -0.05) is 38.1 Å². The zero-order valence-electron chi connectivity index (χ0n) is 20.8. The van der Waals surface area contributed by atoms with E-state index in [-0.39, 0.29) is 30.1 Å². The summed E-state index contributed by atoms with van der Waals surface area (Å²) in [5, 5.41) is 3.81. The topological polar surface area (TPSA) is 103 Å². The Labute approximate surface area is 214 Å². The standard InChI is InChI=1S/C27H31N3O5S/c1-17(2)25(23-15-24(29-35-23)34-14-13-31)27(33)30-12-4-5-21(30)22(32)11-8-19-6-9-20(10-7-19)26-18(3)28-16-36-26/h6-7,9-10,13,15-17,21,25H,4-5,8,11-12,14H2,1-3H3/t21-,25?/m0/s1. The van der Waals surface area contributed by atoms with E-state index in [4.69, 9.17) is 9.26 Å². The molecule has 1 aromatic carbocycles. The second-order valence-corrected chi connectivity index (χ2v) is 10.2. The summed E-state index contributed by atoms with van der Waals surface area (Å²) in [5.41, 5.74) is 5.08.